The maximum absolute atomic E-state index is 12.2. The zero-order valence-corrected chi connectivity index (χ0v) is 12.4. The number of benzene rings is 2. The number of anilines is 1. The van der Waals surface area contributed by atoms with Gasteiger partial charge in [-0.2, -0.15) is 0 Å². The van der Waals surface area contributed by atoms with Gasteiger partial charge in [-0.05, 0) is 42.8 Å². The second-order valence-electron chi connectivity index (χ2n) is 4.47. The van der Waals surface area contributed by atoms with Crippen LogP contribution in [0.25, 0.3) is 0 Å². The van der Waals surface area contributed by atoms with Gasteiger partial charge in [-0.1, -0.05) is 35.6 Å². The first kappa shape index (κ1) is 15.1. The highest BCUT2D eigenvalue weighted by molar-refractivity contribution is 6.34. The zero-order valence-electron chi connectivity index (χ0n) is 11.6. The van der Waals surface area contributed by atoms with Gasteiger partial charge in [0, 0.05) is 11.3 Å². The molecular weight excluding hydrogens is 284 g/mol. The Morgan fingerprint density at radius 2 is 2.05 bits per heavy atom. The summed E-state index contributed by atoms with van der Waals surface area (Å²) in [7, 11) is 0. The maximum atomic E-state index is 12.2. The van der Waals surface area contributed by atoms with E-state index in [0.29, 0.717) is 22.8 Å². The van der Waals surface area contributed by atoms with Crippen molar-refractivity contribution in [1.29, 1.82) is 0 Å². The van der Waals surface area contributed by atoms with Gasteiger partial charge in [0.15, 0.2) is 0 Å². The lowest BCUT2D eigenvalue weighted by Crippen LogP contribution is -2.12. The summed E-state index contributed by atoms with van der Waals surface area (Å²) in [5.41, 5.74) is 8.39. The Bertz CT molecular complexity index is 729. The zero-order chi connectivity index (χ0) is 15.2. The molecule has 0 bridgehead atoms. The van der Waals surface area contributed by atoms with E-state index in [-0.39, 0.29) is 5.91 Å². The molecule has 4 heteroatoms. The third-order valence-electron chi connectivity index (χ3n) is 2.93. The van der Waals surface area contributed by atoms with Crippen molar-refractivity contribution in [3.63, 3.8) is 0 Å². The van der Waals surface area contributed by atoms with Gasteiger partial charge >= 0.3 is 0 Å². The van der Waals surface area contributed by atoms with Crippen LogP contribution in [0.15, 0.2) is 42.5 Å². The van der Waals surface area contributed by atoms with Crippen molar-refractivity contribution in [2.24, 2.45) is 5.73 Å². The summed E-state index contributed by atoms with van der Waals surface area (Å²) in [6, 6.07) is 12.5. The molecule has 0 aliphatic heterocycles. The number of hydrogen-bond acceptors (Lipinski definition) is 2. The SMILES string of the molecule is Cc1cc(NC(=O)c2ccccc2Cl)ccc1C#CCN. The van der Waals surface area contributed by atoms with Crippen LogP contribution in [-0.2, 0) is 0 Å². The Hall–Kier alpha value is -2.28. The van der Waals surface area contributed by atoms with Crippen molar-refractivity contribution in [2.75, 3.05) is 11.9 Å². The van der Waals surface area contributed by atoms with Crippen LogP contribution in [0.4, 0.5) is 5.69 Å². The first-order valence-electron chi connectivity index (χ1n) is 6.47. The van der Waals surface area contributed by atoms with Crippen LogP contribution in [0.3, 0.4) is 0 Å². The highest BCUT2D eigenvalue weighted by Gasteiger charge is 2.10. The van der Waals surface area contributed by atoms with Crippen LogP contribution < -0.4 is 11.1 Å². The smallest absolute Gasteiger partial charge is 0.257 e. The van der Waals surface area contributed by atoms with E-state index in [1.165, 1.54) is 0 Å². The van der Waals surface area contributed by atoms with Crippen LogP contribution >= 0.6 is 11.6 Å². The van der Waals surface area contributed by atoms with Gasteiger partial charge in [-0.3, -0.25) is 4.79 Å². The molecule has 0 atom stereocenters. The van der Waals surface area contributed by atoms with E-state index in [4.69, 9.17) is 17.3 Å². The number of aryl methyl sites for hydroxylation is 1. The van der Waals surface area contributed by atoms with Crippen molar-refractivity contribution in [3.8, 4) is 11.8 Å². The van der Waals surface area contributed by atoms with Crippen molar-refractivity contribution in [2.45, 2.75) is 6.92 Å². The van der Waals surface area contributed by atoms with E-state index in [2.05, 4.69) is 17.2 Å². The molecule has 0 spiro atoms. The van der Waals surface area contributed by atoms with Crippen LogP contribution in [0.1, 0.15) is 21.5 Å². The van der Waals surface area contributed by atoms with Crippen LogP contribution in [0.5, 0.6) is 0 Å². The molecule has 0 aliphatic rings. The summed E-state index contributed by atoms with van der Waals surface area (Å²) in [5.74, 6) is 5.56. The molecule has 0 heterocycles. The number of carbonyl (C=O) groups excluding carboxylic acids is 1. The fourth-order valence-corrected chi connectivity index (χ4v) is 2.09. The molecular formula is C17H15ClN2O. The minimum Gasteiger partial charge on any atom is -0.322 e. The summed E-state index contributed by atoms with van der Waals surface area (Å²) < 4.78 is 0. The average Bonchev–Trinajstić information content (AvgIpc) is 2.47. The first-order valence-corrected chi connectivity index (χ1v) is 6.85. The quantitative estimate of drug-likeness (QED) is 0.837. The highest BCUT2D eigenvalue weighted by atomic mass is 35.5. The monoisotopic (exact) mass is 298 g/mol. The molecule has 2 rings (SSSR count). The molecule has 0 aromatic heterocycles. The summed E-state index contributed by atoms with van der Waals surface area (Å²) in [5, 5.41) is 3.25. The average molecular weight is 299 g/mol. The predicted molar refractivity (Wildman–Crippen MR) is 86.5 cm³/mol. The van der Waals surface area contributed by atoms with Crippen LogP contribution in [0, 0.1) is 18.8 Å². The maximum Gasteiger partial charge on any atom is 0.257 e. The van der Waals surface area contributed by atoms with Crippen LogP contribution in [-0.4, -0.2) is 12.5 Å². The van der Waals surface area contributed by atoms with Gasteiger partial charge in [-0.15, -0.1) is 0 Å². The van der Waals surface area contributed by atoms with E-state index in [0.717, 1.165) is 11.1 Å². The first-order chi connectivity index (χ1) is 10.1. The number of hydrogen-bond donors (Lipinski definition) is 2. The number of amides is 1. The third kappa shape index (κ3) is 3.85. The summed E-state index contributed by atoms with van der Waals surface area (Å²) in [4.78, 5) is 12.2. The lowest BCUT2D eigenvalue weighted by Gasteiger charge is -2.08. The fraction of sp³-hybridized carbons (Fsp3) is 0.118. The summed E-state index contributed by atoms with van der Waals surface area (Å²) >= 11 is 6.01. The molecule has 0 aliphatic carbocycles. The van der Waals surface area contributed by atoms with E-state index < -0.39 is 0 Å². The van der Waals surface area contributed by atoms with Crippen molar-refractivity contribution >= 4 is 23.2 Å². The number of nitrogens with two attached hydrogens (primary N) is 1. The Morgan fingerprint density at radius 3 is 2.71 bits per heavy atom. The van der Waals surface area contributed by atoms with Gasteiger partial charge in [-0.25, -0.2) is 0 Å². The minimum absolute atomic E-state index is 0.235. The minimum atomic E-state index is -0.235. The Morgan fingerprint density at radius 1 is 1.29 bits per heavy atom. The normalized spacial score (nSPS) is 9.67. The topological polar surface area (TPSA) is 55.1 Å². The Labute approximate surface area is 129 Å². The molecule has 3 nitrogen and oxygen atoms in total. The number of rotatable bonds is 2. The molecule has 106 valence electrons. The molecule has 0 unspecified atom stereocenters. The second-order valence-corrected chi connectivity index (χ2v) is 4.88. The van der Waals surface area contributed by atoms with Crippen molar-refractivity contribution in [1.82, 2.24) is 0 Å². The van der Waals surface area contributed by atoms with E-state index in [9.17, 15) is 4.79 Å². The molecule has 3 N–H and O–H groups in total. The third-order valence-corrected chi connectivity index (χ3v) is 3.26. The molecule has 0 radical (unpaired) electrons. The van der Waals surface area contributed by atoms with E-state index in [1.807, 2.05) is 25.1 Å². The molecule has 1 amide bonds. The molecule has 2 aromatic carbocycles. The van der Waals surface area contributed by atoms with Crippen molar-refractivity contribution in [3.05, 3.63) is 64.2 Å². The molecule has 2 aromatic rings. The second kappa shape index (κ2) is 6.94. The number of carbonyl (C=O) groups is 1. The number of nitrogens with one attached hydrogen (secondary N) is 1. The summed E-state index contributed by atoms with van der Waals surface area (Å²) in [6.45, 7) is 2.26. The molecule has 0 saturated heterocycles. The van der Waals surface area contributed by atoms with Gasteiger partial charge in [0.2, 0.25) is 0 Å². The Kier molecular flexibility index (Phi) is 4.99. The lowest BCUT2D eigenvalue weighted by molar-refractivity contribution is 0.102. The van der Waals surface area contributed by atoms with Gasteiger partial charge < -0.3 is 11.1 Å². The molecule has 0 fully saturated rings. The van der Waals surface area contributed by atoms with Crippen molar-refractivity contribution < 1.29 is 4.79 Å². The largest absolute Gasteiger partial charge is 0.322 e. The lowest BCUT2D eigenvalue weighted by atomic mass is 10.1. The Balaban J connectivity index is 2.19. The van der Waals surface area contributed by atoms with Gasteiger partial charge in [0.1, 0.15) is 0 Å². The standard InChI is InChI=1S/C17H15ClN2O/c1-12-11-14(9-8-13(12)5-4-10-19)20-17(21)15-6-2-3-7-16(15)18/h2-3,6-9,11H,10,19H2,1H3,(H,20,21). The van der Waals surface area contributed by atoms with E-state index >= 15 is 0 Å². The van der Waals surface area contributed by atoms with E-state index in [1.54, 1.807) is 24.3 Å². The molecule has 21 heavy (non-hydrogen) atoms. The van der Waals surface area contributed by atoms with Crippen LogP contribution in [0.2, 0.25) is 5.02 Å². The number of halogens is 1. The molecule has 0 saturated carbocycles. The van der Waals surface area contributed by atoms with Gasteiger partial charge in [0.05, 0.1) is 17.1 Å². The van der Waals surface area contributed by atoms with Gasteiger partial charge in [0.25, 0.3) is 5.91 Å². The fourth-order valence-electron chi connectivity index (χ4n) is 1.87. The predicted octanol–water partition coefficient (Wildman–Crippen LogP) is 3.21. The summed E-state index contributed by atoms with van der Waals surface area (Å²) in [6.07, 6.45) is 0. The highest BCUT2D eigenvalue weighted by Crippen LogP contribution is 2.19.